The molecule has 0 bridgehead atoms. The third kappa shape index (κ3) is 3.95. The number of benzene rings is 1. The smallest absolute Gasteiger partial charge is 0.123 e. The summed E-state index contributed by atoms with van der Waals surface area (Å²) in [6, 6.07) is 5.98. The van der Waals surface area contributed by atoms with Crippen molar-refractivity contribution in [1.82, 2.24) is 0 Å². The number of aliphatic hydroxyl groups is 2. The summed E-state index contributed by atoms with van der Waals surface area (Å²) < 4.78 is 17.9. The molecule has 0 aromatic heterocycles. The molecule has 3 nitrogen and oxygen atoms in total. The number of rotatable bonds is 5. The lowest BCUT2D eigenvalue weighted by molar-refractivity contribution is -0.0235. The maximum atomic E-state index is 12.6. The maximum absolute atomic E-state index is 12.6. The maximum Gasteiger partial charge on any atom is 0.123 e. The fourth-order valence-electron chi connectivity index (χ4n) is 1.14. The van der Waals surface area contributed by atoms with E-state index < -0.39 is 6.10 Å². The van der Waals surface area contributed by atoms with Gasteiger partial charge in [-0.3, -0.25) is 0 Å². The van der Waals surface area contributed by atoms with Gasteiger partial charge in [0.1, 0.15) is 11.9 Å². The molecule has 4 heteroatoms. The Balaban J connectivity index is 2.46. The van der Waals surface area contributed by atoms with Crippen molar-refractivity contribution in [1.29, 1.82) is 0 Å². The summed E-state index contributed by atoms with van der Waals surface area (Å²) in [7, 11) is 0. The minimum Gasteiger partial charge on any atom is -0.394 e. The van der Waals surface area contributed by atoms with Crippen LogP contribution in [0.25, 0.3) is 0 Å². The molecule has 0 saturated heterocycles. The average Bonchev–Trinajstić information content (AvgIpc) is 2.26. The van der Waals surface area contributed by atoms with Crippen molar-refractivity contribution in [2.75, 3.05) is 13.2 Å². The molecule has 0 aliphatic heterocycles. The highest BCUT2D eigenvalue weighted by molar-refractivity contribution is 5.18. The van der Waals surface area contributed by atoms with Crippen LogP contribution in [0.5, 0.6) is 0 Å². The Morgan fingerprint density at radius 1 is 1.33 bits per heavy atom. The van der Waals surface area contributed by atoms with Gasteiger partial charge in [0.2, 0.25) is 0 Å². The third-order valence-corrected chi connectivity index (χ3v) is 2.09. The van der Waals surface area contributed by atoms with Crippen LogP contribution in [-0.4, -0.2) is 29.5 Å². The fraction of sp³-hybridized carbons (Fsp3) is 0.455. The van der Waals surface area contributed by atoms with Gasteiger partial charge in [-0.1, -0.05) is 12.1 Å². The quantitative estimate of drug-likeness (QED) is 0.775. The van der Waals surface area contributed by atoms with Crippen molar-refractivity contribution < 1.29 is 19.3 Å². The van der Waals surface area contributed by atoms with Gasteiger partial charge in [0.05, 0.1) is 19.3 Å². The van der Waals surface area contributed by atoms with Crippen LogP contribution in [0.4, 0.5) is 4.39 Å². The lowest BCUT2D eigenvalue weighted by atomic mass is 10.1. The van der Waals surface area contributed by atoms with E-state index >= 15 is 0 Å². The molecule has 1 aromatic carbocycles. The van der Waals surface area contributed by atoms with E-state index in [1.165, 1.54) is 12.1 Å². The molecule has 0 spiro atoms. The Hall–Kier alpha value is -0.970. The Bertz CT molecular complexity index is 286. The minimum absolute atomic E-state index is 0.0645. The zero-order chi connectivity index (χ0) is 11.3. The zero-order valence-corrected chi connectivity index (χ0v) is 8.56. The van der Waals surface area contributed by atoms with Gasteiger partial charge in [-0.15, -0.1) is 0 Å². The van der Waals surface area contributed by atoms with E-state index in [0.717, 1.165) is 5.56 Å². The van der Waals surface area contributed by atoms with E-state index in [0.29, 0.717) is 0 Å². The summed E-state index contributed by atoms with van der Waals surface area (Å²) in [6.07, 6.45) is -1.10. The van der Waals surface area contributed by atoms with E-state index in [-0.39, 0.29) is 25.1 Å². The summed E-state index contributed by atoms with van der Waals surface area (Å²) in [5.41, 5.74) is 0.835. The predicted molar refractivity (Wildman–Crippen MR) is 53.9 cm³/mol. The number of hydrogen-bond donors (Lipinski definition) is 2. The molecular formula is C11H15FO3. The molecule has 1 aromatic rings. The van der Waals surface area contributed by atoms with Crippen LogP contribution in [-0.2, 0) is 4.74 Å². The van der Waals surface area contributed by atoms with Gasteiger partial charge in [0.15, 0.2) is 0 Å². The van der Waals surface area contributed by atoms with Crippen molar-refractivity contribution in [3.8, 4) is 0 Å². The summed E-state index contributed by atoms with van der Waals surface area (Å²) in [4.78, 5) is 0. The van der Waals surface area contributed by atoms with E-state index in [4.69, 9.17) is 14.9 Å². The average molecular weight is 214 g/mol. The molecule has 0 saturated carbocycles. The van der Waals surface area contributed by atoms with E-state index in [9.17, 15) is 4.39 Å². The highest BCUT2D eigenvalue weighted by Gasteiger charge is 2.08. The Kier molecular flexibility index (Phi) is 4.68. The van der Waals surface area contributed by atoms with Crippen LogP contribution in [0.3, 0.4) is 0 Å². The van der Waals surface area contributed by atoms with Crippen molar-refractivity contribution >= 4 is 0 Å². The van der Waals surface area contributed by atoms with Crippen LogP contribution in [0, 0.1) is 5.82 Å². The molecule has 1 rings (SSSR count). The molecule has 2 N–H and O–H groups in total. The van der Waals surface area contributed by atoms with Gasteiger partial charge >= 0.3 is 0 Å². The molecule has 0 aliphatic rings. The van der Waals surface area contributed by atoms with Gasteiger partial charge in [-0.2, -0.15) is 0 Å². The predicted octanol–water partition coefficient (Wildman–Crippen LogP) is 1.26. The number of halogens is 1. The lowest BCUT2D eigenvalue weighted by Crippen LogP contribution is -2.20. The zero-order valence-electron chi connectivity index (χ0n) is 8.56. The molecule has 0 aliphatic carbocycles. The highest BCUT2D eigenvalue weighted by atomic mass is 19.1. The molecule has 15 heavy (non-hydrogen) atoms. The second kappa shape index (κ2) is 5.80. The minimum atomic E-state index is -0.868. The van der Waals surface area contributed by atoms with Crippen molar-refractivity contribution in [2.24, 2.45) is 0 Å². The molecule has 0 radical (unpaired) electrons. The van der Waals surface area contributed by atoms with Crippen molar-refractivity contribution in [2.45, 2.75) is 19.1 Å². The van der Waals surface area contributed by atoms with Crippen molar-refractivity contribution in [3.05, 3.63) is 35.6 Å². The highest BCUT2D eigenvalue weighted by Crippen LogP contribution is 2.16. The first-order valence-electron chi connectivity index (χ1n) is 4.79. The molecule has 2 atom stereocenters. The van der Waals surface area contributed by atoms with Gasteiger partial charge in [0.25, 0.3) is 0 Å². The molecule has 0 fully saturated rings. The van der Waals surface area contributed by atoms with Gasteiger partial charge in [0, 0.05) is 0 Å². The number of ether oxygens (including phenoxy) is 1. The van der Waals surface area contributed by atoms with E-state index in [2.05, 4.69) is 0 Å². The van der Waals surface area contributed by atoms with Crippen LogP contribution >= 0.6 is 0 Å². The monoisotopic (exact) mass is 214 g/mol. The van der Waals surface area contributed by atoms with Crippen LogP contribution in [0.2, 0.25) is 0 Å². The first kappa shape index (κ1) is 12.1. The summed E-state index contributed by atoms with van der Waals surface area (Å²) in [5, 5.41) is 17.6. The van der Waals surface area contributed by atoms with Crippen LogP contribution < -0.4 is 0 Å². The van der Waals surface area contributed by atoms with Gasteiger partial charge in [-0.25, -0.2) is 4.39 Å². The largest absolute Gasteiger partial charge is 0.394 e. The Morgan fingerprint density at radius 2 is 1.93 bits per heavy atom. The van der Waals surface area contributed by atoms with Crippen LogP contribution in [0.15, 0.2) is 24.3 Å². The third-order valence-electron chi connectivity index (χ3n) is 2.09. The first-order chi connectivity index (χ1) is 7.13. The number of aliphatic hydroxyl groups excluding tert-OH is 2. The van der Waals surface area contributed by atoms with Crippen LogP contribution in [0.1, 0.15) is 18.6 Å². The molecular weight excluding hydrogens is 199 g/mol. The molecule has 0 unspecified atom stereocenters. The summed E-state index contributed by atoms with van der Waals surface area (Å²) in [5.74, 6) is -0.290. The Labute approximate surface area is 88.1 Å². The van der Waals surface area contributed by atoms with E-state index in [1.54, 1.807) is 19.1 Å². The van der Waals surface area contributed by atoms with Gasteiger partial charge < -0.3 is 14.9 Å². The van der Waals surface area contributed by atoms with Crippen molar-refractivity contribution in [3.63, 3.8) is 0 Å². The second-order valence-corrected chi connectivity index (χ2v) is 3.36. The topological polar surface area (TPSA) is 49.7 Å². The SMILES string of the molecule is C[C@H](OC[C@H](O)CO)c1ccc(F)cc1. The normalized spacial score (nSPS) is 14.9. The lowest BCUT2D eigenvalue weighted by Gasteiger charge is -2.15. The number of hydrogen-bond acceptors (Lipinski definition) is 3. The standard InChI is InChI=1S/C11H15FO3/c1-8(15-7-11(14)6-13)9-2-4-10(12)5-3-9/h2-5,8,11,13-14H,6-7H2,1H3/t8-,11+/m0/s1. The van der Waals surface area contributed by atoms with E-state index in [1.807, 2.05) is 0 Å². The summed E-state index contributed by atoms with van der Waals surface area (Å²) >= 11 is 0. The first-order valence-corrected chi connectivity index (χ1v) is 4.79. The molecule has 84 valence electrons. The molecule has 0 amide bonds. The fourth-order valence-corrected chi connectivity index (χ4v) is 1.14. The molecule has 0 heterocycles. The Morgan fingerprint density at radius 3 is 2.47 bits per heavy atom. The second-order valence-electron chi connectivity index (χ2n) is 3.36. The van der Waals surface area contributed by atoms with Gasteiger partial charge in [-0.05, 0) is 24.6 Å². The summed E-state index contributed by atoms with van der Waals surface area (Å²) in [6.45, 7) is 1.54.